The lowest BCUT2D eigenvalue weighted by Crippen LogP contribution is -2.42. The normalized spacial score (nSPS) is 11.8. The van der Waals surface area contributed by atoms with Crippen LogP contribution in [0.4, 0.5) is 5.82 Å². The van der Waals surface area contributed by atoms with Crippen molar-refractivity contribution in [1.82, 2.24) is 20.3 Å². The van der Waals surface area contributed by atoms with E-state index < -0.39 is 23.9 Å². The number of carbonyl (C=O) groups is 3. The molecule has 0 aromatic carbocycles. The van der Waals surface area contributed by atoms with Crippen LogP contribution in [0.2, 0.25) is 0 Å². The van der Waals surface area contributed by atoms with Gasteiger partial charge in [0, 0.05) is 20.5 Å². The minimum absolute atomic E-state index is 0.0340. The van der Waals surface area contributed by atoms with Crippen molar-refractivity contribution in [1.29, 1.82) is 0 Å². The molecule has 1 heterocycles. The molecule has 0 unspecified atom stereocenters. The summed E-state index contributed by atoms with van der Waals surface area (Å²) in [6.45, 7) is 3.72. The summed E-state index contributed by atoms with van der Waals surface area (Å²) in [7, 11) is 3.34. The maximum atomic E-state index is 12.4. The van der Waals surface area contributed by atoms with Crippen molar-refractivity contribution in [2.45, 2.75) is 32.7 Å². The maximum absolute atomic E-state index is 12.4. The lowest BCUT2D eigenvalue weighted by molar-refractivity contribution is -0.146. The van der Waals surface area contributed by atoms with Crippen LogP contribution in [0.15, 0.2) is 16.7 Å². The third-order valence-electron chi connectivity index (χ3n) is 2.98. The van der Waals surface area contributed by atoms with Gasteiger partial charge in [-0.15, -0.1) is 5.11 Å². The van der Waals surface area contributed by atoms with E-state index in [1.54, 1.807) is 27.9 Å². The molecule has 0 aliphatic rings. The van der Waals surface area contributed by atoms with Crippen molar-refractivity contribution in [2.75, 3.05) is 27.3 Å². The van der Waals surface area contributed by atoms with Gasteiger partial charge in [0.05, 0.1) is 19.5 Å². The fraction of sp³-hybridized carbons (Fsp3) is 0.600. The molecule has 2 N–H and O–H groups in total. The topological polar surface area (TPSA) is 138 Å². The number of amides is 1. The summed E-state index contributed by atoms with van der Waals surface area (Å²) >= 11 is 0. The molecule has 1 aromatic rings. The van der Waals surface area contributed by atoms with E-state index in [4.69, 9.17) is 9.47 Å². The van der Waals surface area contributed by atoms with E-state index in [0.29, 0.717) is 0 Å². The van der Waals surface area contributed by atoms with Gasteiger partial charge in [0.2, 0.25) is 5.82 Å². The first-order chi connectivity index (χ1) is 12.4. The number of hydrogen-bond donors (Lipinski definition) is 2. The monoisotopic (exact) mass is 368 g/mol. The van der Waals surface area contributed by atoms with Crippen LogP contribution in [0.1, 0.15) is 37.2 Å². The minimum Gasteiger partial charge on any atom is -0.466 e. The fourth-order valence-corrected chi connectivity index (χ4v) is 1.88. The average molecular weight is 368 g/mol. The van der Waals surface area contributed by atoms with Gasteiger partial charge in [-0.1, -0.05) is 5.22 Å². The van der Waals surface area contributed by atoms with Crippen molar-refractivity contribution in [3.8, 4) is 0 Å². The Hall–Kier alpha value is -2.98. The SMILES string of the molecule is CCOC(=O)CC[C@H](NC(=O)c1[nH]cnc1/N=N/N(C)C)C(=O)OCC. The van der Waals surface area contributed by atoms with E-state index in [1.165, 1.54) is 11.3 Å². The fourth-order valence-electron chi connectivity index (χ4n) is 1.88. The molecule has 11 nitrogen and oxygen atoms in total. The van der Waals surface area contributed by atoms with E-state index in [1.807, 2.05) is 0 Å². The molecule has 0 saturated carbocycles. The third-order valence-corrected chi connectivity index (χ3v) is 2.98. The molecule has 0 aliphatic carbocycles. The van der Waals surface area contributed by atoms with Gasteiger partial charge in [-0.25, -0.2) is 9.78 Å². The van der Waals surface area contributed by atoms with Crippen LogP contribution in [0.5, 0.6) is 0 Å². The Balaban J connectivity index is 2.83. The second-order valence-corrected chi connectivity index (χ2v) is 5.26. The van der Waals surface area contributed by atoms with Gasteiger partial charge < -0.3 is 19.8 Å². The molecule has 0 bridgehead atoms. The Bertz CT molecular complexity index is 642. The van der Waals surface area contributed by atoms with Crippen LogP contribution in [-0.4, -0.2) is 66.2 Å². The second-order valence-electron chi connectivity index (χ2n) is 5.26. The largest absolute Gasteiger partial charge is 0.466 e. The van der Waals surface area contributed by atoms with Crippen molar-refractivity contribution in [2.24, 2.45) is 10.3 Å². The first kappa shape index (κ1) is 21.1. The van der Waals surface area contributed by atoms with E-state index in [-0.39, 0.29) is 37.6 Å². The van der Waals surface area contributed by atoms with Crippen LogP contribution in [0.3, 0.4) is 0 Å². The zero-order chi connectivity index (χ0) is 19.5. The highest BCUT2D eigenvalue weighted by Gasteiger charge is 2.26. The standard InChI is InChI=1S/C15H24N6O5/c1-5-25-11(22)8-7-10(15(24)26-6-2)18-14(23)12-13(17-9-16-12)19-20-21(3)4/h9-10H,5-8H2,1-4H3,(H,16,17)(H,18,23)/b20-19+/t10-/m0/s1. The first-order valence-electron chi connectivity index (χ1n) is 8.14. The van der Waals surface area contributed by atoms with E-state index in [9.17, 15) is 14.4 Å². The Morgan fingerprint density at radius 1 is 1.27 bits per heavy atom. The van der Waals surface area contributed by atoms with Crippen LogP contribution in [0, 0.1) is 0 Å². The first-order valence-corrected chi connectivity index (χ1v) is 8.14. The zero-order valence-corrected chi connectivity index (χ0v) is 15.3. The Morgan fingerprint density at radius 3 is 2.58 bits per heavy atom. The lowest BCUT2D eigenvalue weighted by Gasteiger charge is -2.16. The highest BCUT2D eigenvalue weighted by Crippen LogP contribution is 2.15. The quantitative estimate of drug-likeness (QED) is 0.356. The Morgan fingerprint density at radius 2 is 1.96 bits per heavy atom. The van der Waals surface area contributed by atoms with Crippen molar-refractivity contribution in [3.05, 3.63) is 12.0 Å². The summed E-state index contributed by atoms with van der Waals surface area (Å²) in [5.74, 6) is -1.64. The molecule has 0 spiro atoms. The number of H-pyrrole nitrogens is 1. The van der Waals surface area contributed by atoms with E-state index in [0.717, 1.165) is 0 Å². The third kappa shape index (κ3) is 6.87. The molecule has 26 heavy (non-hydrogen) atoms. The van der Waals surface area contributed by atoms with Crippen LogP contribution >= 0.6 is 0 Å². The van der Waals surface area contributed by atoms with Gasteiger partial charge in [-0.2, -0.15) is 0 Å². The maximum Gasteiger partial charge on any atom is 0.328 e. The second kappa shape index (κ2) is 10.8. The predicted molar refractivity (Wildman–Crippen MR) is 90.5 cm³/mol. The van der Waals surface area contributed by atoms with Gasteiger partial charge in [-0.05, 0) is 20.3 Å². The predicted octanol–water partition coefficient (Wildman–Crippen LogP) is 0.975. The molecule has 1 atom stereocenters. The number of aromatic nitrogens is 2. The molecule has 1 rings (SSSR count). The molecule has 0 saturated heterocycles. The zero-order valence-electron chi connectivity index (χ0n) is 15.3. The van der Waals surface area contributed by atoms with Crippen molar-refractivity contribution < 1.29 is 23.9 Å². The van der Waals surface area contributed by atoms with Gasteiger partial charge in [0.25, 0.3) is 5.91 Å². The molecule has 11 heteroatoms. The number of rotatable bonds is 10. The number of ether oxygens (including phenoxy) is 2. The molecule has 1 aromatic heterocycles. The molecular formula is C15H24N6O5. The van der Waals surface area contributed by atoms with Gasteiger partial charge >= 0.3 is 11.9 Å². The molecule has 144 valence electrons. The van der Waals surface area contributed by atoms with Crippen LogP contribution in [0.25, 0.3) is 0 Å². The van der Waals surface area contributed by atoms with Crippen molar-refractivity contribution in [3.63, 3.8) is 0 Å². The van der Waals surface area contributed by atoms with Crippen molar-refractivity contribution >= 4 is 23.7 Å². The number of carbonyl (C=O) groups excluding carboxylic acids is 3. The van der Waals surface area contributed by atoms with Gasteiger partial charge in [0.1, 0.15) is 6.04 Å². The number of nitrogens with zero attached hydrogens (tertiary/aromatic N) is 4. The molecular weight excluding hydrogens is 344 g/mol. The summed E-state index contributed by atoms with van der Waals surface area (Å²) in [6, 6.07) is -1.01. The van der Waals surface area contributed by atoms with Crippen LogP contribution in [-0.2, 0) is 19.1 Å². The number of nitrogens with one attached hydrogen (secondary N) is 2. The number of aromatic amines is 1. The Kier molecular flexibility index (Phi) is 8.75. The summed E-state index contributed by atoms with van der Waals surface area (Å²) in [5, 5.41) is 11.6. The summed E-state index contributed by atoms with van der Waals surface area (Å²) in [5.41, 5.74) is 0.0426. The Labute approximate surface area is 151 Å². The number of hydrogen-bond acceptors (Lipinski definition) is 8. The molecule has 0 radical (unpaired) electrons. The summed E-state index contributed by atoms with van der Waals surface area (Å²) in [6.07, 6.45) is 1.30. The molecule has 1 amide bonds. The van der Waals surface area contributed by atoms with Crippen LogP contribution < -0.4 is 5.32 Å². The highest BCUT2D eigenvalue weighted by atomic mass is 16.5. The molecule has 0 aliphatic heterocycles. The minimum atomic E-state index is -1.01. The number of esters is 2. The van der Waals surface area contributed by atoms with E-state index >= 15 is 0 Å². The smallest absolute Gasteiger partial charge is 0.328 e. The summed E-state index contributed by atoms with van der Waals surface area (Å²) < 4.78 is 9.77. The highest BCUT2D eigenvalue weighted by molar-refractivity contribution is 5.98. The van der Waals surface area contributed by atoms with Gasteiger partial charge in [-0.3, -0.25) is 14.6 Å². The summed E-state index contributed by atoms with van der Waals surface area (Å²) in [4.78, 5) is 42.6. The van der Waals surface area contributed by atoms with Gasteiger partial charge in [0.15, 0.2) is 5.69 Å². The lowest BCUT2D eigenvalue weighted by atomic mass is 10.1. The molecule has 0 fully saturated rings. The average Bonchev–Trinajstić information content (AvgIpc) is 3.05. The van der Waals surface area contributed by atoms with E-state index in [2.05, 4.69) is 25.6 Å². The number of imidazole rings is 1.